The van der Waals surface area contributed by atoms with Gasteiger partial charge in [-0.2, -0.15) is 5.10 Å². The molecule has 2 N–H and O–H groups in total. The van der Waals surface area contributed by atoms with Crippen LogP contribution in [-0.2, 0) is 0 Å². The quantitative estimate of drug-likeness (QED) is 0.758. The highest BCUT2D eigenvalue weighted by Crippen LogP contribution is 2.39. The molecule has 0 bridgehead atoms. The number of carbonyl (C=O) groups is 1. The van der Waals surface area contributed by atoms with Crippen molar-refractivity contribution in [2.45, 2.75) is 18.8 Å². The van der Waals surface area contributed by atoms with Crippen LogP contribution >= 0.6 is 0 Å². The van der Waals surface area contributed by atoms with E-state index in [1.54, 1.807) is 0 Å². The fourth-order valence-electron chi connectivity index (χ4n) is 2.70. The second-order valence-electron chi connectivity index (χ2n) is 5.85. The van der Waals surface area contributed by atoms with Gasteiger partial charge in [0.15, 0.2) is 5.69 Å². The van der Waals surface area contributed by atoms with Crippen molar-refractivity contribution in [1.29, 1.82) is 0 Å². The van der Waals surface area contributed by atoms with Gasteiger partial charge in [0.25, 0.3) is 5.91 Å². The Labute approximate surface area is 134 Å². The number of amides is 1. The lowest BCUT2D eigenvalue weighted by Crippen LogP contribution is -2.13. The maximum absolute atomic E-state index is 12.5. The Morgan fingerprint density at radius 2 is 1.78 bits per heavy atom. The Balaban J connectivity index is 1.59. The van der Waals surface area contributed by atoms with E-state index in [1.807, 2.05) is 60.7 Å². The molecule has 0 atom stereocenters. The monoisotopic (exact) mass is 303 g/mol. The lowest BCUT2D eigenvalue weighted by Gasteiger charge is -2.10. The number of aromatic nitrogens is 2. The van der Waals surface area contributed by atoms with Crippen LogP contribution in [-0.4, -0.2) is 16.1 Å². The molecule has 1 aromatic heterocycles. The molecule has 114 valence electrons. The number of aromatic amines is 1. The Kier molecular flexibility index (Phi) is 3.42. The van der Waals surface area contributed by atoms with Crippen molar-refractivity contribution in [2.24, 2.45) is 0 Å². The first-order valence-corrected chi connectivity index (χ1v) is 7.82. The molecule has 1 fully saturated rings. The number of hydrogen-bond donors (Lipinski definition) is 2. The first kappa shape index (κ1) is 13.8. The maximum Gasteiger partial charge on any atom is 0.276 e. The predicted molar refractivity (Wildman–Crippen MR) is 90.4 cm³/mol. The van der Waals surface area contributed by atoms with E-state index in [0.29, 0.717) is 11.6 Å². The minimum atomic E-state index is -0.184. The van der Waals surface area contributed by atoms with Gasteiger partial charge in [-0.05, 0) is 30.5 Å². The molecule has 0 saturated heterocycles. The zero-order valence-corrected chi connectivity index (χ0v) is 12.6. The van der Waals surface area contributed by atoms with Crippen LogP contribution in [0, 0.1) is 0 Å². The highest BCUT2D eigenvalue weighted by atomic mass is 16.1. The number of nitrogens with zero attached hydrogens (tertiary/aromatic N) is 1. The lowest BCUT2D eigenvalue weighted by molar-refractivity contribution is 0.102. The molecule has 0 radical (unpaired) electrons. The van der Waals surface area contributed by atoms with Gasteiger partial charge in [-0.1, -0.05) is 48.5 Å². The zero-order chi connectivity index (χ0) is 15.6. The molecule has 1 aliphatic rings. The Hall–Kier alpha value is -2.88. The van der Waals surface area contributed by atoms with E-state index < -0.39 is 0 Å². The van der Waals surface area contributed by atoms with E-state index in [2.05, 4.69) is 15.5 Å². The van der Waals surface area contributed by atoms with Gasteiger partial charge in [0.2, 0.25) is 0 Å². The van der Waals surface area contributed by atoms with Crippen LogP contribution in [0.15, 0.2) is 60.7 Å². The van der Waals surface area contributed by atoms with Crippen molar-refractivity contribution in [1.82, 2.24) is 10.2 Å². The summed E-state index contributed by atoms with van der Waals surface area (Å²) >= 11 is 0. The molecule has 3 aromatic rings. The molecule has 0 aliphatic heterocycles. The van der Waals surface area contributed by atoms with Crippen LogP contribution in [0.4, 0.5) is 5.69 Å². The Morgan fingerprint density at radius 1 is 1.04 bits per heavy atom. The van der Waals surface area contributed by atoms with Gasteiger partial charge < -0.3 is 5.32 Å². The average Bonchev–Trinajstić information content (AvgIpc) is 3.33. The van der Waals surface area contributed by atoms with Gasteiger partial charge in [-0.25, -0.2) is 0 Å². The van der Waals surface area contributed by atoms with Gasteiger partial charge in [0, 0.05) is 22.9 Å². The Morgan fingerprint density at radius 3 is 2.57 bits per heavy atom. The summed E-state index contributed by atoms with van der Waals surface area (Å²) in [6.07, 6.45) is 2.36. The van der Waals surface area contributed by atoms with Gasteiger partial charge >= 0.3 is 0 Å². The first-order chi connectivity index (χ1) is 11.3. The average molecular weight is 303 g/mol. The van der Waals surface area contributed by atoms with Crippen LogP contribution in [0.5, 0.6) is 0 Å². The summed E-state index contributed by atoms with van der Waals surface area (Å²) in [6, 6.07) is 19.7. The summed E-state index contributed by atoms with van der Waals surface area (Å²) in [4.78, 5) is 12.5. The summed E-state index contributed by atoms with van der Waals surface area (Å²) in [7, 11) is 0. The van der Waals surface area contributed by atoms with Crippen molar-refractivity contribution >= 4 is 11.6 Å². The van der Waals surface area contributed by atoms with Crippen LogP contribution in [0.2, 0.25) is 0 Å². The highest BCUT2D eigenvalue weighted by Gasteiger charge is 2.26. The highest BCUT2D eigenvalue weighted by molar-refractivity contribution is 6.05. The van der Waals surface area contributed by atoms with E-state index >= 15 is 0 Å². The second-order valence-corrected chi connectivity index (χ2v) is 5.85. The fourth-order valence-corrected chi connectivity index (χ4v) is 2.70. The summed E-state index contributed by atoms with van der Waals surface area (Å²) < 4.78 is 0. The van der Waals surface area contributed by atoms with Gasteiger partial charge in [-0.15, -0.1) is 0 Å². The third-order valence-corrected chi connectivity index (χ3v) is 4.11. The molecule has 23 heavy (non-hydrogen) atoms. The number of nitrogens with one attached hydrogen (secondary N) is 2. The molecule has 4 nitrogen and oxygen atoms in total. The Bertz CT molecular complexity index is 835. The standard InChI is InChI=1S/C19H17N3O/c23-19(18-12-17(21-22-18)14-10-11-14)20-16-9-5-4-8-15(16)13-6-2-1-3-7-13/h1-9,12,14H,10-11H2,(H,20,23)(H,21,22). The number of H-pyrrole nitrogens is 1. The van der Waals surface area contributed by atoms with Gasteiger partial charge in [-0.3, -0.25) is 9.89 Å². The van der Waals surface area contributed by atoms with Crippen molar-refractivity contribution in [3.05, 3.63) is 72.1 Å². The van der Waals surface area contributed by atoms with Crippen molar-refractivity contribution < 1.29 is 4.79 Å². The largest absolute Gasteiger partial charge is 0.320 e. The molecule has 4 rings (SSSR count). The molecule has 1 aliphatic carbocycles. The van der Waals surface area contributed by atoms with Gasteiger partial charge in [0.05, 0.1) is 0 Å². The number of benzene rings is 2. The van der Waals surface area contributed by atoms with Crippen LogP contribution in [0.1, 0.15) is 34.9 Å². The molecule has 2 aromatic carbocycles. The van der Waals surface area contributed by atoms with E-state index in [9.17, 15) is 4.79 Å². The summed E-state index contributed by atoms with van der Waals surface area (Å²) in [5.74, 6) is 0.372. The topological polar surface area (TPSA) is 57.8 Å². The van der Waals surface area contributed by atoms with Crippen molar-refractivity contribution in [2.75, 3.05) is 5.32 Å². The number of carbonyl (C=O) groups excluding carboxylic acids is 1. The lowest BCUT2D eigenvalue weighted by atomic mass is 10.0. The smallest absolute Gasteiger partial charge is 0.276 e. The molecule has 1 saturated carbocycles. The van der Waals surface area contributed by atoms with Gasteiger partial charge in [0.1, 0.15) is 0 Å². The maximum atomic E-state index is 12.5. The minimum absolute atomic E-state index is 0.184. The third-order valence-electron chi connectivity index (χ3n) is 4.11. The molecule has 1 amide bonds. The predicted octanol–water partition coefficient (Wildman–Crippen LogP) is 4.21. The number of rotatable bonds is 4. The second kappa shape index (κ2) is 5.72. The number of para-hydroxylation sites is 1. The summed E-state index contributed by atoms with van der Waals surface area (Å²) in [5, 5.41) is 10.1. The third kappa shape index (κ3) is 2.88. The molecule has 0 spiro atoms. The van der Waals surface area contributed by atoms with Crippen LogP contribution in [0.25, 0.3) is 11.1 Å². The SMILES string of the molecule is O=C(Nc1ccccc1-c1ccccc1)c1cc(C2CC2)[nH]n1. The molecule has 1 heterocycles. The van der Waals surface area contributed by atoms with Crippen LogP contribution in [0.3, 0.4) is 0 Å². The number of hydrogen-bond acceptors (Lipinski definition) is 2. The molecular weight excluding hydrogens is 286 g/mol. The summed E-state index contributed by atoms with van der Waals surface area (Å²) in [6.45, 7) is 0. The zero-order valence-electron chi connectivity index (χ0n) is 12.6. The number of anilines is 1. The first-order valence-electron chi connectivity index (χ1n) is 7.82. The summed E-state index contributed by atoms with van der Waals surface area (Å²) in [5.41, 5.74) is 4.37. The van der Waals surface area contributed by atoms with Crippen molar-refractivity contribution in [3.63, 3.8) is 0 Å². The molecule has 0 unspecified atom stereocenters. The minimum Gasteiger partial charge on any atom is -0.320 e. The fraction of sp³-hybridized carbons (Fsp3) is 0.158. The normalized spacial score (nSPS) is 13.7. The molecule has 4 heteroatoms. The van der Waals surface area contributed by atoms with E-state index in [4.69, 9.17) is 0 Å². The van der Waals surface area contributed by atoms with Crippen LogP contribution < -0.4 is 5.32 Å². The van der Waals surface area contributed by atoms with Crippen molar-refractivity contribution in [3.8, 4) is 11.1 Å². The van der Waals surface area contributed by atoms with E-state index in [1.165, 1.54) is 12.8 Å². The molecular formula is C19H17N3O. The van der Waals surface area contributed by atoms with E-state index in [0.717, 1.165) is 22.5 Å². The van der Waals surface area contributed by atoms with E-state index in [-0.39, 0.29) is 5.91 Å².